The van der Waals surface area contributed by atoms with Gasteiger partial charge in [-0.3, -0.25) is 9.79 Å². The summed E-state index contributed by atoms with van der Waals surface area (Å²) in [6.45, 7) is 3.16. The topological polar surface area (TPSA) is 70.9 Å². The number of carbonyl (C=O) groups excluding carboxylic acids is 1. The quantitative estimate of drug-likeness (QED) is 0.274. The summed E-state index contributed by atoms with van der Waals surface area (Å²) in [7, 11) is 1.76. The Labute approximate surface area is 176 Å². The number of rotatable bonds is 7. The van der Waals surface area contributed by atoms with Gasteiger partial charge in [0.25, 0.3) is 5.91 Å². The SMILES string of the molecule is CN=C(NCCCN1C(=O)COc2ccccc21)NCCn1cccc1.I. The van der Waals surface area contributed by atoms with Gasteiger partial charge in [0, 0.05) is 45.6 Å². The third-order valence-corrected chi connectivity index (χ3v) is 4.21. The highest BCUT2D eigenvalue weighted by Crippen LogP contribution is 2.31. The van der Waals surface area contributed by atoms with E-state index in [-0.39, 0.29) is 36.5 Å². The Kier molecular flexibility index (Phi) is 8.43. The van der Waals surface area contributed by atoms with Crippen molar-refractivity contribution in [3.63, 3.8) is 0 Å². The number of aromatic nitrogens is 1. The maximum absolute atomic E-state index is 12.1. The molecule has 0 unspecified atom stereocenters. The summed E-state index contributed by atoms with van der Waals surface area (Å²) >= 11 is 0. The number of fused-ring (bicyclic) bond motifs is 1. The lowest BCUT2D eigenvalue weighted by atomic mass is 10.2. The van der Waals surface area contributed by atoms with Gasteiger partial charge in [-0.2, -0.15) is 0 Å². The molecule has 1 aromatic carbocycles. The number of aliphatic imine (C=N–C) groups is 1. The van der Waals surface area contributed by atoms with Crippen LogP contribution in [0.15, 0.2) is 53.8 Å². The fraction of sp³-hybridized carbons (Fsp3) is 0.368. The third-order valence-electron chi connectivity index (χ3n) is 4.21. The van der Waals surface area contributed by atoms with Crippen molar-refractivity contribution in [2.45, 2.75) is 13.0 Å². The average molecular weight is 483 g/mol. The van der Waals surface area contributed by atoms with Crippen LogP contribution in [0.5, 0.6) is 5.75 Å². The Hall–Kier alpha value is -2.23. The van der Waals surface area contributed by atoms with E-state index in [4.69, 9.17) is 4.74 Å². The summed E-state index contributed by atoms with van der Waals surface area (Å²) in [6.07, 6.45) is 4.89. The van der Waals surface area contributed by atoms with E-state index in [0.29, 0.717) is 6.54 Å². The molecule has 1 aliphatic rings. The number of amides is 1. The first-order chi connectivity index (χ1) is 12.8. The van der Waals surface area contributed by atoms with E-state index in [0.717, 1.165) is 43.5 Å². The van der Waals surface area contributed by atoms with E-state index in [1.54, 1.807) is 11.9 Å². The second kappa shape index (κ2) is 10.8. The zero-order chi connectivity index (χ0) is 18.2. The third kappa shape index (κ3) is 5.88. The molecule has 3 rings (SSSR count). The molecule has 0 atom stereocenters. The maximum atomic E-state index is 12.1. The number of hydrogen-bond acceptors (Lipinski definition) is 3. The van der Waals surface area contributed by atoms with E-state index in [9.17, 15) is 4.79 Å². The fourth-order valence-corrected chi connectivity index (χ4v) is 2.89. The van der Waals surface area contributed by atoms with E-state index in [1.165, 1.54) is 0 Å². The molecule has 0 saturated carbocycles. The van der Waals surface area contributed by atoms with E-state index >= 15 is 0 Å². The van der Waals surface area contributed by atoms with Crippen LogP contribution in [0.4, 0.5) is 5.69 Å². The van der Waals surface area contributed by atoms with Crippen LogP contribution in [0, 0.1) is 0 Å². The number of halogens is 1. The van der Waals surface area contributed by atoms with Crippen molar-refractivity contribution >= 4 is 41.5 Å². The average Bonchev–Trinajstić information content (AvgIpc) is 3.18. The molecule has 1 aromatic heterocycles. The summed E-state index contributed by atoms with van der Waals surface area (Å²) in [5.74, 6) is 1.53. The Morgan fingerprint density at radius 3 is 2.63 bits per heavy atom. The maximum Gasteiger partial charge on any atom is 0.265 e. The smallest absolute Gasteiger partial charge is 0.265 e. The highest BCUT2D eigenvalue weighted by molar-refractivity contribution is 14.0. The molecule has 0 saturated heterocycles. The molecule has 2 N–H and O–H groups in total. The number of benzene rings is 1. The first kappa shape index (κ1) is 21.1. The second-order valence-corrected chi connectivity index (χ2v) is 6.00. The van der Waals surface area contributed by atoms with Gasteiger partial charge in [-0.15, -0.1) is 24.0 Å². The largest absolute Gasteiger partial charge is 0.482 e. The first-order valence-electron chi connectivity index (χ1n) is 8.85. The van der Waals surface area contributed by atoms with Gasteiger partial charge in [-0.1, -0.05) is 12.1 Å². The number of para-hydroxylation sites is 2. The van der Waals surface area contributed by atoms with Crippen molar-refractivity contribution in [3.05, 3.63) is 48.8 Å². The Bertz CT molecular complexity index is 748. The monoisotopic (exact) mass is 483 g/mol. The van der Waals surface area contributed by atoms with Crippen LogP contribution in [-0.2, 0) is 11.3 Å². The van der Waals surface area contributed by atoms with Crippen LogP contribution in [0.25, 0.3) is 0 Å². The summed E-state index contributed by atoms with van der Waals surface area (Å²) in [6, 6.07) is 11.7. The Balaban J connectivity index is 0.00000261. The molecule has 2 aromatic rings. The number of nitrogens with zero attached hydrogens (tertiary/aromatic N) is 3. The normalized spacial score (nSPS) is 13.4. The molecule has 7 nitrogen and oxygen atoms in total. The highest BCUT2D eigenvalue weighted by Gasteiger charge is 2.24. The Morgan fingerprint density at radius 2 is 1.85 bits per heavy atom. The Morgan fingerprint density at radius 1 is 1.11 bits per heavy atom. The van der Waals surface area contributed by atoms with Crippen LogP contribution >= 0.6 is 24.0 Å². The molecular weight excluding hydrogens is 457 g/mol. The predicted octanol–water partition coefficient (Wildman–Crippen LogP) is 2.09. The minimum absolute atomic E-state index is 0. The number of carbonyl (C=O) groups is 1. The fourth-order valence-electron chi connectivity index (χ4n) is 2.89. The first-order valence-corrected chi connectivity index (χ1v) is 8.85. The van der Waals surface area contributed by atoms with E-state index in [1.807, 2.05) is 48.8 Å². The molecule has 8 heteroatoms. The molecule has 0 aliphatic carbocycles. The number of ether oxygens (including phenoxy) is 1. The zero-order valence-electron chi connectivity index (χ0n) is 15.4. The van der Waals surface area contributed by atoms with Gasteiger partial charge in [0.1, 0.15) is 5.75 Å². The van der Waals surface area contributed by atoms with Crippen LogP contribution < -0.4 is 20.3 Å². The molecule has 0 radical (unpaired) electrons. The van der Waals surface area contributed by atoms with Crippen molar-refractivity contribution in [2.75, 3.05) is 38.2 Å². The zero-order valence-corrected chi connectivity index (χ0v) is 17.8. The molecular formula is C19H26IN5O2. The van der Waals surface area contributed by atoms with Crippen molar-refractivity contribution in [1.29, 1.82) is 0 Å². The van der Waals surface area contributed by atoms with E-state index < -0.39 is 0 Å². The van der Waals surface area contributed by atoms with Crippen molar-refractivity contribution < 1.29 is 9.53 Å². The lowest BCUT2D eigenvalue weighted by molar-refractivity contribution is -0.121. The van der Waals surface area contributed by atoms with Gasteiger partial charge in [-0.05, 0) is 30.7 Å². The van der Waals surface area contributed by atoms with Crippen molar-refractivity contribution in [3.8, 4) is 5.75 Å². The van der Waals surface area contributed by atoms with Gasteiger partial charge in [0.05, 0.1) is 5.69 Å². The molecule has 0 fully saturated rings. The lowest BCUT2D eigenvalue weighted by Crippen LogP contribution is -2.42. The van der Waals surface area contributed by atoms with Crippen LogP contribution in [-0.4, -0.2) is 49.7 Å². The predicted molar refractivity (Wildman–Crippen MR) is 118 cm³/mol. The summed E-state index contributed by atoms with van der Waals surface area (Å²) in [4.78, 5) is 18.2. The molecule has 2 heterocycles. The minimum Gasteiger partial charge on any atom is -0.482 e. The van der Waals surface area contributed by atoms with Gasteiger partial charge < -0.3 is 24.8 Å². The molecule has 146 valence electrons. The minimum atomic E-state index is -0.00192. The summed E-state index contributed by atoms with van der Waals surface area (Å²) < 4.78 is 7.58. The lowest BCUT2D eigenvalue weighted by Gasteiger charge is -2.29. The molecule has 1 amide bonds. The van der Waals surface area contributed by atoms with E-state index in [2.05, 4.69) is 20.2 Å². The van der Waals surface area contributed by atoms with Crippen molar-refractivity contribution in [2.24, 2.45) is 4.99 Å². The summed E-state index contributed by atoms with van der Waals surface area (Å²) in [5.41, 5.74) is 0.845. The van der Waals surface area contributed by atoms with Gasteiger partial charge in [0.2, 0.25) is 0 Å². The molecule has 1 aliphatic heterocycles. The van der Waals surface area contributed by atoms with Crippen molar-refractivity contribution in [1.82, 2.24) is 15.2 Å². The number of anilines is 1. The second-order valence-electron chi connectivity index (χ2n) is 6.00. The number of hydrogen-bond donors (Lipinski definition) is 2. The van der Waals surface area contributed by atoms with Crippen LogP contribution in [0.1, 0.15) is 6.42 Å². The highest BCUT2D eigenvalue weighted by atomic mass is 127. The van der Waals surface area contributed by atoms with Crippen LogP contribution in [0.2, 0.25) is 0 Å². The summed E-state index contributed by atoms with van der Waals surface area (Å²) in [5, 5.41) is 6.58. The number of nitrogens with one attached hydrogen (secondary N) is 2. The molecule has 27 heavy (non-hydrogen) atoms. The van der Waals surface area contributed by atoms with Gasteiger partial charge in [0.15, 0.2) is 12.6 Å². The van der Waals surface area contributed by atoms with Gasteiger partial charge >= 0.3 is 0 Å². The van der Waals surface area contributed by atoms with Gasteiger partial charge in [-0.25, -0.2) is 0 Å². The van der Waals surface area contributed by atoms with Crippen LogP contribution in [0.3, 0.4) is 0 Å². The molecule has 0 spiro atoms. The number of guanidine groups is 1. The molecule has 0 bridgehead atoms. The standard InChI is InChI=1S/C19H25N5O2.HI/c1-20-19(22-10-14-23-11-4-5-12-23)21-9-6-13-24-16-7-2-3-8-17(16)26-15-18(24)25;/h2-5,7-8,11-12H,6,9-10,13-15H2,1H3,(H2,20,21,22);1H.